The molecular weight excluding hydrogens is 188 g/mol. The van der Waals surface area contributed by atoms with Crippen molar-refractivity contribution in [3.05, 3.63) is 12.0 Å². The highest BCUT2D eigenvalue weighted by molar-refractivity contribution is 6.70. The summed E-state index contributed by atoms with van der Waals surface area (Å²) in [6.45, 7) is 5.99. The molecule has 0 spiro atoms. The normalized spacial score (nSPS) is 12.2. The first-order valence-corrected chi connectivity index (χ1v) is 7.32. The highest BCUT2D eigenvalue weighted by atomic mass is 28.4. The summed E-state index contributed by atoms with van der Waals surface area (Å²) in [5.41, 5.74) is 0. The van der Waals surface area contributed by atoms with Crippen molar-refractivity contribution < 1.29 is 18.7 Å². The summed E-state index contributed by atoms with van der Waals surface area (Å²) in [6, 6.07) is 0. The van der Waals surface area contributed by atoms with Gasteiger partial charge in [-0.15, -0.1) is 0 Å². The van der Waals surface area contributed by atoms with Crippen molar-refractivity contribution in [3.63, 3.8) is 0 Å². The molecule has 0 aliphatic carbocycles. The van der Waals surface area contributed by atoms with Gasteiger partial charge in [-0.3, -0.25) is 0 Å². The Morgan fingerprint density at radius 1 is 1.15 bits per heavy atom. The van der Waals surface area contributed by atoms with Gasteiger partial charge in [-0.25, -0.2) is 4.79 Å². The van der Waals surface area contributed by atoms with E-state index in [1.807, 2.05) is 19.6 Å². The standard InChI is InChI=1S/C8H16O4Si/c1-10-7(9)6-8(11-2)12-13(3,4)5/h6H,1-5H3/b8-6-. The third-order valence-corrected chi connectivity index (χ3v) is 1.86. The van der Waals surface area contributed by atoms with Crippen molar-refractivity contribution in [1.82, 2.24) is 0 Å². The van der Waals surface area contributed by atoms with Crippen LogP contribution in [0.4, 0.5) is 0 Å². The molecule has 4 nitrogen and oxygen atoms in total. The Balaban J connectivity index is 4.34. The van der Waals surface area contributed by atoms with Gasteiger partial charge in [0.25, 0.3) is 5.95 Å². The zero-order valence-corrected chi connectivity index (χ0v) is 9.71. The highest BCUT2D eigenvalue weighted by Gasteiger charge is 2.18. The van der Waals surface area contributed by atoms with Crippen LogP contribution in [0.25, 0.3) is 0 Å². The van der Waals surface area contributed by atoms with Crippen LogP contribution in [0.1, 0.15) is 0 Å². The van der Waals surface area contributed by atoms with Gasteiger partial charge in [0.15, 0.2) is 0 Å². The predicted molar refractivity (Wildman–Crippen MR) is 51.5 cm³/mol. The molecule has 0 fully saturated rings. The van der Waals surface area contributed by atoms with Crippen LogP contribution in [0.2, 0.25) is 19.6 Å². The second-order valence-electron chi connectivity index (χ2n) is 3.41. The highest BCUT2D eigenvalue weighted by Crippen LogP contribution is 2.10. The van der Waals surface area contributed by atoms with Gasteiger partial charge in [-0.05, 0) is 19.6 Å². The lowest BCUT2D eigenvalue weighted by Crippen LogP contribution is -2.25. The Morgan fingerprint density at radius 3 is 2.00 bits per heavy atom. The van der Waals surface area contributed by atoms with E-state index in [4.69, 9.17) is 9.16 Å². The van der Waals surface area contributed by atoms with Crippen LogP contribution in [-0.2, 0) is 18.7 Å². The summed E-state index contributed by atoms with van der Waals surface area (Å²) in [7, 11) is 1.04. The Morgan fingerprint density at radius 2 is 1.69 bits per heavy atom. The first kappa shape index (κ1) is 12.0. The number of hydrogen-bond acceptors (Lipinski definition) is 4. The van der Waals surface area contributed by atoms with Gasteiger partial charge in [-0.2, -0.15) is 0 Å². The minimum atomic E-state index is -1.72. The summed E-state index contributed by atoms with van der Waals surface area (Å²) in [5, 5.41) is 0. The van der Waals surface area contributed by atoms with E-state index in [-0.39, 0.29) is 5.95 Å². The van der Waals surface area contributed by atoms with E-state index in [9.17, 15) is 4.79 Å². The molecule has 0 atom stereocenters. The number of rotatable bonds is 4. The molecule has 0 radical (unpaired) electrons. The number of methoxy groups -OCH3 is 2. The summed E-state index contributed by atoms with van der Waals surface area (Å²) in [5.74, 6) is -0.263. The molecule has 0 aromatic carbocycles. The van der Waals surface area contributed by atoms with E-state index >= 15 is 0 Å². The third kappa shape index (κ3) is 6.21. The maximum Gasteiger partial charge on any atom is 0.337 e. The lowest BCUT2D eigenvalue weighted by atomic mass is 10.6. The van der Waals surface area contributed by atoms with Gasteiger partial charge >= 0.3 is 5.97 Å². The van der Waals surface area contributed by atoms with Crippen LogP contribution in [-0.4, -0.2) is 28.5 Å². The minimum absolute atomic E-state index is 0.214. The average molecular weight is 204 g/mol. The molecule has 0 aliphatic heterocycles. The summed E-state index contributed by atoms with van der Waals surface area (Å²) >= 11 is 0. The Hall–Kier alpha value is -0.973. The quantitative estimate of drug-likeness (QED) is 0.301. The molecule has 0 aromatic rings. The van der Waals surface area contributed by atoms with Crippen molar-refractivity contribution in [2.45, 2.75) is 19.6 Å². The molecule has 0 saturated heterocycles. The molecule has 13 heavy (non-hydrogen) atoms. The second-order valence-corrected chi connectivity index (χ2v) is 7.83. The molecular formula is C8H16O4Si. The molecule has 0 unspecified atom stereocenters. The number of carbonyl (C=O) groups is 1. The van der Waals surface area contributed by atoms with Crippen LogP contribution in [0, 0.1) is 0 Å². The summed E-state index contributed by atoms with van der Waals surface area (Å²) < 4.78 is 14.7. The number of esters is 1. The fourth-order valence-electron chi connectivity index (χ4n) is 0.587. The van der Waals surface area contributed by atoms with Gasteiger partial charge in [0.2, 0.25) is 8.32 Å². The van der Waals surface area contributed by atoms with E-state index in [1.54, 1.807) is 0 Å². The van der Waals surface area contributed by atoms with E-state index in [1.165, 1.54) is 20.3 Å². The van der Waals surface area contributed by atoms with Crippen LogP contribution >= 0.6 is 0 Å². The van der Waals surface area contributed by atoms with Gasteiger partial charge in [0.1, 0.15) is 6.08 Å². The SMILES string of the molecule is COC(=O)/C=C(/OC)O[Si](C)(C)C. The maximum absolute atomic E-state index is 10.8. The van der Waals surface area contributed by atoms with Crippen LogP contribution in [0.15, 0.2) is 12.0 Å². The third-order valence-electron chi connectivity index (χ3n) is 1.04. The average Bonchev–Trinajstić information content (AvgIpc) is 2.00. The van der Waals surface area contributed by atoms with Crippen molar-refractivity contribution >= 4 is 14.3 Å². The summed E-state index contributed by atoms with van der Waals surface area (Å²) in [6.07, 6.45) is 1.19. The molecule has 0 rings (SSSR count). The fourth-order valence-corrected chi connectivity index (χ4v) is 1.33. The number of ether oxygens (including phenoxy) is 2. The molecule has 0 aromatic heterocycles. The maximum atomic E-state index is 10.8. The van der Waals surface area contributed by atoms with Gasteiger partial charge in [0, 0.05) is 0 Å². The Labute approximate surface area is 79.6 Å². The molecule has 0 aliphatic rings. The van der Waals surface area contributed by atoms with Gasteiger partial charge < -0.3 is 13.9 Å². The number of carbonyl (C=O) groups excluding carboxylic acids is 1. The molecule has 0 bridgehead atoms. The zero-order valence-electron chi connectivity index (χ0n) is 8.71. The van der Waals surface area contributed by atoms with Crippen LogP contribution in [0.5, 0.6) is 0 Å². The van der Waals surface area contributed by atoms with E-state index in [0.29, 0.717) is 0 Å². The molecule has 5 heteroatoms. The first-order valence-electron chi connectivity index (χ1n) is 3.91. The second kappa shape index (κ2) is 4.91. The van der Waals surface area contributed by atoms with E-state index < -0.39 is 14.3 Å². The number of hydrogen-bond donors (Lipinski definition) is 0. The Kier molecular flexibility index (Phi) is 4.54. The molecule has 0 heterocycles. The smallest absolute Gasteiger partial charge is 0.337 e. The van der Waals surface area contributed by atoms with Crippen molar-refractivity contribution in [1.29, 1.82) is 0 Å². The van der Waals surface area contributed by atoms with E-state index in [0.717, 1.165) is 0 Å². The molecule has 76 valence electrons. The topological polar surface area (TPSA) is 44.8 Å². The fraction of sp³-hybridized carbons (Fsp3) is 0.625. The first-order chi connectivity index (χ1) is 5.89. The van der Waals surface area contributed by atoms with Crippen molar-refractivity contribution in [2.75, 3.05) is 14.2 Å². The van der Waals surface area contributed by atoms with E-state index in [2.05, 4.69) is 4.74 Å². The monoisotopic (exact) mass is 204 g/mol. The van der Waals surface area contributed by atoms with Crippen LogP contribution in [0.3, 0.4) is 0 Å². The Bertz CT molecular complexity index is 205. The largest absolute Gasteiger partial charge is 0.520 e. The lowest BCUT2D eigenvalue weighted by molar-refractivity contribution is -0.135. The van der Waals surface area contributed by atoms with Gasteiger partial charge in [-0.1, -0.05) is 0 Å². The zero-order chi connectivity index (χ0) is 10.5. The van der Waals surface area contributed by atoms with Crippen molar-refractivity contribution in [3.8, 4) is 0 Å². The van der Waals surface area contributed by atoms with Crippen LogP contribution < -0.4 is 0 Å². The summed E-state index contributed by atoms with van der Waals surface area (Å²) in [4.78, 5) is 10.8. The van der Waals surface area contributed by atoms with Crippen molar-refractivity contribution in [2.24, 2.45) is 0 Å². The predicted octanol–water partition coefficient (Wildman–Crippen LogP) is 1.50. The molecule has 0 saturated carbocycles. The molecule has 0 N–H and O–H groups in total. The van der Waals surface area contributed by atoms with Gasteiger partial charge in [0.05, 0.1) is 14.2 Å². The lowest BCUT2D eigenvalue weighted by Gasteiger charge is -2.19. The minimum Gasteiger partial charge on any atom is -0.520 e. The molecule has 0 amide bonds.